The molecule has 0 aromatic carbocycles. The molecule has 0 radical (unpaired) electrons. The van der Waals surface area contributed by atoms with Gasteiger partial charge in [0.1, 0.15) is 18.1 Å². The van der Waals surface area contributed by atoms with Crippen LogP contribution in [0.1, 0.15) is 40.0 Å². The molecule has 0 spiro atoms. The average Bonchev–Trinajstić information content (AvgIpc) is 3.12. The third-order valence-electron chi connectivity index (χ3n) is 4.87. The van der Waals surface area contributed by atoms with E-state index in [0.717, 1.165) is 0 Å². The Bertz CT molecular complexity index is 612. The van der Waals surface area contributed by atoms with E-state index in [1.54, 1.807) is 0 Å². The molecule has 0 bridgehead atoms. The first-order valence-electron chi connectivity index (χ1n) is 9.80. The number of amides is 4. The van der Waals surface area contributed by atoms with Crippen molar-refractivity contribution in [3.63, 3.8) is 0 Å². The van der Waals surface area contributed by atoms with E-state index in [9.17, 15) is 29.4 Å². The summed E-state index contributed by atoms with van der Waals surface area (Å²) in [6, 6.07) is -3.17. The molecular weight excluding hydrogens is 382 g/mol. The second-order valence-corrected chi connectivity index (χ2v) is 7.40. The van der Waals surface area contributed by atoms with E-state index < -0.39 is 54.0 Å². The summed E-state index contributed by atoms with van der Waals surface area (Å²) in [4.78, 5) is 51.9. The van der Waals surface area contributed by atoms with Crippen molar-refractivity contribution < 1.29 is 29.4 Å². The SMILES string of the molecule is CCCN(CC(=O)N[C@H](C(N)=O)[C@@H](C)O)C(=O)[C@@H]1CCCN1C(=O)[C@@H](N)[C@@H](C)O. The van der Waals surface area contributed by atoms with E-state index in [4.69, 9.17) is 11.5 Å². The summed E-state index contributed by atoms with van der Waals surface area (Å²) >= 11 is 0. The number of carbonyl (C=O) groups is 4. The van der Waals surface area contributed by atoms with Crippen molar-refractivity contribution in [2.75, 3.05) is 19.6 Å². The molecule has 1 aliphatic heterocycles. The standard InChI is InChI=1S/C18H33N5O6/c1-4-7-22(9-13(26)21-15(11(3)25)16(20)27)17(28)12-6-5-8-23(12)18(29)14(19)10(2)24/h10-12,14-15,24-25H,4-9,19H2,1-3H3,(H2,20,27)(H,21,26)/t10-,11-,12+,14+,15+/m1/s1. The minimum absolute atomic E-state index is 0.267. The molecule has 0 aliphatic carbocycles. The number of hydrogen-bond acceptors (Lipinski definition) is 7. The van der Waals surface area contributed by atoms with Gasteiger partial charge in [-0.25, -0.2) is 0 Å². The first-order chi connectivity index (χ1) is 13.5. The van der Waals surface area contributed by atoms with Crippen LogP contribution in [0.4, 0.5) is 0 Å². The zero-order valence-corrected chi connectivity index (χ0v) is 17.2. The number of nitrogens with zero attached hydrogens (tertiary/aromatic N) is 2. The predicted octanol–water partition coefficient (Wildman–Crippen LogP) is -2.72. The quantitative estimate of drug-likeness (QED) is 0.257. The molecule has 1 heterocycles. The van der Waals surface area contributed by atoms with Crippen LogP contribution in [0.25, 0.3) is 0 Å². The summed E-state index contributed by atoms with van der Waals surface area (Å²) in [5, 5.41) is 21.5. The minimum Gasteiger partial charge on any atom is -0.391 e. The highest BCUT2D eigenvalue weighted by molar-refractivity contribution is 5.93. The lowest BCUT2D eigenvalue weighted by Crippen LogP contribution is -2.57. The molecule has 4 amide bonds. The molecule has 0 aromatic heterocycles. The van der Waals surface area contributed by atoms with Gasteiger partial charge in [0.25, 0.3) is 0 Å². The number of aliphatic hydroxyl groups is 2. The van der Waals surface area contributed by atoms with Crippen molar-refractivity contribution in [1.82, 2.24) is 15.1 Å². The lowest BCUT2D eigenvalue weighted by atomic mass is 10.1. The third-order valence-corrected chi connectivity index (χ3v) is 4.87. The van der Waals surface area contributed by atoms with Crippen LogP contribution in [-0.4, -0.2) is 93.6 Å². The number of hydrogen-bond donors (Lipinski definition) is 5. The predicted molar refractivity (Wildman–Crippen MR) is 104 cm³/mol. The van der Waals surface area contributed by atoms with Gasteiger partial charge in [0.05, 0.1) is 18.8 Å². The Kier molecular flexibility index (Phi) is 9.47. The van der Waals surface area contributed by atoms with Gasteiger partial charge in [0, 0.05) is 13.1 Å². The van der Waals surface area contributed by atoms with E-state index >= 15 is 0 Å². The maximum Gasteiger partial charge on any atom is 0.245 e. The molecule has 0 saturated carbocycles. The normalized spacial score (nSPS) is 20.5. The number of nitrogens with one attached hydrogen (secondary N) is 1. The van der Waals surface area contributed by atoms with Crippen LogP contribution >= 0.6 is 0 Å². The van der Waals surface area contributed by atoms with Gasteiger partial charge in [-0.1, -0.05) is 6.92 Å². The van der Waals surface area contributed by atoms with Gasteiger partial charge in [-0.05, 0) is 33.1 Å². The van der Waals surface area contributed by atoms with E-state index in [2.05, 4.69) is 5.32 Å². The van der Waals surface area contributed by atoms with Crippen molar-refractivity contribution in [2.45, 2.75) is 70.4 Å². The van der Waals surface area contributed by atoms with Gasteiger partial charge in [0.15, 0.2) is 0 Å². The lowest BCUT2D eigenvalue weighted by Gasteiger charge is -2.32. The first kappa shape index (κ1) is 24.8. The zero-order chi connectivity index (χ0) is 22.3. The lowest BCUT2D eigenvalue weighted by molar-refractivity contribution is -0.147. The van der Waals surface area contributed by atoms with Crippen LogP contribution in [0.5, 0.6) is 0 Å². The molecule has 7 N–H and O–H groups in total. The Labute approximate surface area is 170 Å². The van der Waals surface area contributed by atoms with Crippen molar-refractivity contribution in [3.05, 3.63) is 0 Å². The molecule has 1 fully saturated rings. The molecule has 1 aliphatic rings. The molecular formula is C18H33N5O6. The zero-order valence-electron chi connectivity index (χ0n) is 17.2. The average molecular weight is 415 g/mol. The smallest absolute Gasteiger partial charge is 0.245 e. The summed E-state index contributed by atoms with van der Waals surface area (Å²) in [5.41, 5.74) is 10.9. The maximum absolute atomic E-state index is 13.0. The number of likely N-dealkylation sites (tertiary alicyclic amines) is 1. The Morgan fingerprint density at radius 1 is 1.21 bits per heavy atom. The van der Waals surface area contributed by atoms with Gasteiger partial charge >= 0.3 is 0 Å². The highest BCUT2D eigenvalue weighted by atomic mass is 16.3. The molecule has 11 heteroatoms. The van der Waals surface area contributed by atoms with Crippen LogP contribution in [0.2, 0.25) is 0 Å². The highest BCUT2D eigenvalue weighted by Gasteiger charge is 2.39. The molecule has 29 heavy (non-hydrogen) atoms. The number of rotatable bonds is 10. The van der Waals surface area contributed by atoms with Crippen LogP contribution < -0.4 is 16.8 Å². The van der Waals surface area contributed by atoms with Crippen LogP contribution in [0.3, 0.4) is 0 Å². The summed E-state index contributed by atoms with van der Waals surface area (Å²) < 4.78 is 0. The summed E-state index contributed by atoms with van der Waals surface area (Å²) in [6.45, 7) is 4.82. The van der Waals surface area contributed by atoms with Crippen LogP contribution in [-0.2, 0) is 19.2 Å². The third kappa shape index (κ3) is 6.65. The summed E-state index contributed by atoms with van der Waals surface area (Å²) in [5.74, 6) is -2.45. The van der Waals surface area contributed by atoms with Crippen molar-refractivity contribution in [3.8, 4) is 0 Å². The second-order valence-electron chi connectivity index (χ2n) is 7.40. The van der Waals surface area contributed by atoms with E-state index in [-0.39, 0.29) is 13.1 Å². The summed E-state index contributed by atoms with van der Waals surface area (Å²) in [7, 11) is 0. The monoisotopic (exact) mass is 415 g/mol. The Hall–Kier alpha value is -2.24. The first-order valence-corrected chi connectivity index (χ1v) is 9.80. The second kappa shape index (κ2) is 11.1. The summed E-state index contributed by atoms with van der Waals surface area (Å²) in [6.07, 6.45) is -0.634. The number of primary amides is 1. The molecule has 1 saturated heterocycles. The van der Waals surface area contributed by atoms with Crippen molar-refractivity contribution >= 4 is 23.6 Å². The fourth-order valence-electron chi connectivity index (χ4n) is 3.25. The Morgan fingerprint density at radius 2 is 1.83 bits per heavy atom. The molecule has 0 aromatic rings. The molecule has 166 valence electrons. The number of nitrogens with two attached hydrogens (primary N) is 2. The van der Waals surface area contributed by atoms with Gasteiger partial charge in [0.2, 0.25) is 23.6 Å². The van der Waals surface area contributed by atoms with Gasteiger partial charge in [-0.15, -0.1) is 0 Å². The molecule has 0 unspecified atom stereocenters. The topological polar surface area (TPSA) is 179 Å². The Morgan fingerprint density at radius 3 is 2.31 bits per heavy atom. The van der Waals surface area contributed by atoms with Gasteiger partial charge in [-0.3, -0.25) is 19.2 Å². The van der Waals surface area contributed by atoms with E-state index in [0.29, 0.717) is 25.8 Å². The largest absolute Gasteiger partial charge is 0.391 e. The number of carbonyl (C=O) groups excluding carboxylic acids is 4. The molecule has 11 nitrogen and oxygen atoms in total. The van der Waals surface area contributed by atoms with Crippen LogP contribution in [0.15, 0.2) is 0 Å². The van der Waals surface area contributed by atoms with Crippen molar-refractivity contribution in [1.29, 1.82) is 0 Å². The van der Waals surface area contributed by atoms with Gasteiger partial charge < -0.3 is 36.8 Å². The number of aliphatic hydroxyl groups excluding tert-OH is 2. The fraction of sp³-hybridized carbons (Fsp3) is 0.778. The minimum atomic E-state index is -1.27. The fourth-order valence-corrected chi connectivity index (χ4v) is 3.25. The maximum atomic E-state index is 13.0. The van der Waals surface area contributed by atoms with E-state index in [1.807, 2.05) is 6.92 Å². The highest BCUT2D eigenvalue weighted by Crippen LogP contribution is 2.21. The van der Waals surface area contributed by atoms with Crippen molar-refractivity contribution in [2.24, 2.45) is 11.5 Å². The van der Waals surface area contributed by atoms with Crippen LogP contribution in [0, 0.1) is 0 Å². The Balaban J connectivity index is 2.89. The van der Waals surface area contributed by atoms with E-state index in [1.165, 1.54) is 23.6 Å². The molecule has 1 rings (SSSR count). The van der Waals surface area contributed by atoms with Gasteiger partial charge in [-0.2, -0.15) is 0 Å². The molecule has 5 atom stereocenters.